The first-order valence-corrected chi connectivity index (χ1v) is 5.41. The van der Waals surface area contributed by atoms with Gasteiger partial charge >= 0.3 is 5.97 Å². The van der Waals surface area contributed by atoms with Crippen molar-refractivity contribution in [2.75, 3.05) is 0 Å². The average molecular weight is 242 g/mol. The van der Waals surface area contributed by atoms with Crippen LogP contribution in [0.1, 0.15) is 16.2 Å². The van der Waals surface area contributed by atoms with Gasteiger partial charge in [-0.2, -0.15) is 0 Å². The van der Waals surface area contributed by atoms with Gasteiger partial charge in [-0.1, -0.05) is 0 Å². The topological polar surface area (TPSA) is 67.7 Å². The summed E-state index contributed by atoms with van der Waals surface area (Å²) in [6.07, 6.45) is 3.34. The monoisotopic (exact) mass is 242 g/mol. The number of aromatic nitrogens is 2. The Hall–Kier alpha value is -2.56. The zero-order chi connectivity index (χ0) is 12.7. The molecule has 3 aromatic rings. The van der Waals surface area contributed by atoms with Crippen LogP contribution in [0.4, 0.5) is 0 Å². The molecule has 0 aliphatic heterocycles. The van der Waals surface area contributed by atoms with E-state index in [0.29, 0.717) is 0 Å². The summed E-state index contributed by atoms with van der Waals surface area (Å²) in [6.45, 7) is 1.88. The fourth-order valence-electron chi connectivity index (χ4n) is 1.85. The van der Waals surface area contributed by atoms with Crippen molar-refractivity contribution in [1.82, 2.24) is 9.38 Å². The van der Waals surface area contributed by atoms with Crippen LogP contribution >= 0.6 is 0 Å². The number of rotatable bonds is 2. The molecule has 0 atom stereocenters. The van der Waals surface area contributed by atoms with Crippen LogP contribution in [0.25, 0.3) is 16.8 Å². The van der Waals surface area contributed by atoms with Gasteiger partial charge in [0.2, 0.25) is 0 Å². The van der Waals surface area contributed by atoms with Gasteiger partial charge in [0.25, 0.3) is 0 Å². The SMILES string of the molecule is Cc1ccc(-c2cc3cc(C(=O)O)ncn3c2)o1. The Balaban J connectivity index is 2.13. The normalized spacial score (nSPS) is 10.9. The van der Waals surface area contributed by atoms with Crippen molar-refractivity contribution in [2.45, 2.75) is 6.92 Å². The van der Waals surface area contributed by atoms with E-state index in [-0.39, 0.29) is 5.69 Å². The molecule has 3 heterocycles. The standard InChI is InChI=1S/C13H10N2O3/c1-8-2-3-12(18-8)9-4-10-5-11(13(16)17)14-7-15(10)6-9/h2-7H,1H3,(H,16,17). The maximum absolute atomic E-state index is 10.8. The third kappa shape index (κ3) is 1.66. The number of hydrogen-bond donors (Lipinski definition) is 1. The Morgan fingerprint density at radius 3 is 2.89 bits per heavy atom. The molecule has 5 nitrogen and oxygen atoms in total. The molecule has 0 aromatic carbocycles. The summed E-state index contributed by atoms with van der Waals surface area (Å²) in [6, 6.07) is 7.17. The predicted molar refractivity (Wildman–Crippen MR) is 64.6 cm³/mol. The number of hydrogen-bond acceptors (Lipinski definition) is 3. The molecule has 0 saturated heterocycles. The number of aromatic carboxylic acids is 1. The minimum Gasteiger partial charge on any atom is -0.477 e. The zero-order valence-electron chi connectivity index (χ0n) is 9.62. The first-order valence-electron chi connectivity index (χ1n) is 5.41. The molecule has 90 valence electrons. The third-order valence-corrected chi connectivity index (χ3v) is 2.73. The molecule has 0 bridgehead atoms. The van der Waals surface area contributed by atoms with Crippen molar-refractivity contribution in [2.24, 2.45) is 0 Å². The molecule has 1 N–H and O–H groups in total. The zero-order valence-corrected chi connectivity index (χ0v) is 9.62. The lowest BCUT2D eigenvalue weighted by Crippen LogP contribution is -2.00. The molecule has 18 heavy (non-hydrogen) atoms. The van der Waals surface area contributed by atoms with Crippen molar-refractivity contribution >= 4 is 11.5 Å². The van der Waals surface area contributed by atoms with Crippen LogP contribution in [0.3, 0.4) is 0 Å². The Morgan fingerprint density at radius 1 is 1.39 bits per heavy atom. The molecule has 0 amide bonds. The minimum absolute atomic E-state index is 0.0303. The van der Waals surface area contributed by atoms with Gasteiger partial charge < -0.3 is 13.9 Å². The summed E-state index contributed by atoms with van der Waals surface area (Å²) in [5.41, 5.74) is 1.70. The van der Waals surface area contributed by atoms with Gasteiger partial charge in [-0.25, -0.2) is 9.78 Å². The highest BCUT2D eigenvalue weighted by molar-refractivity contribution is 5.87. The summed E-state index contributed by atoms with van der Waals surface area (Å²) in [4.78, 5) is 14.7. The van der Waals surface area contributed by atoms with E-state index in [4.69, 9.17) is 9.52 Å². The molecule has 0 spiro atoms. The van der Waals surface area contributed by atoms with Crippen LogP contribution in [-0.2, 0) is 0 Å². The van der Waals surface area contributed by atoms with Crippen molar-refractivity contribution in [3.63, 3.8) is 0 Å². The molecule has 0 saturated carbocycles. The second kappa shape index (κ2) is 3.73. The van der Waals surface area contributed by atoms with E-state index in [1.165, 1.54) is 12.4 Å². The number of fused-ring (bicyclic) bond motifs is 1. The Morgan fingerprint density at radius 2 is 2.22 bits per heavy atom. The van der Waals surface area contributed by atoms with Crippen molar-refractivity contribution < 1.29 is 14.3 Å². The molecule has 0 aliphatic carbocycles. The fourth-order valence-corrected chi connectivity index (χ4v) is 1.85. The van der Waals surface area contributed by atoms with E-state index in [1.807, 2.05) is 31.3 Å². The van der Waals surface area contributed by atoms with Crippen molar-refractivity contribution in [3.8, 4) is 11.3 Å². The molecule has 3 rings (SSSR count). The molecule has 0 radical (unpaired) electrons. The summed E-state index contributed by atoms with van der Waals surface area (Å²) in [5, 5.41) is 8.88. The third-order valence-electron chi connectivity index (χ3n) is 2.73. The summed E-state index contributed by atoms with van der Waals surface area (Å²) in [7, 11) is 0. The van der Waals surface area contributed by atoms with Crippen LogP contribution in [0, 0.1) is 6.92 Å². The highest BCUT2D eigenvalue weighted by Crippen LogP contribution is 2.24. The van der Waals surface area contributed by atoms with E-state index < -0.39 is 5.97 Å². The van der Waals surface area contributed by atoms with Gasteiger partial charge in [-0.15, -0.1) is 0 Å². The quantitative estimate of drug-likeness (QED) is 0.750. The number of carboxylic acid groups (broad SMARTS) is 1. The van der Waals surface area contributed by atoms with E-state index in [0.717, 1.165) is 22.6 Å². The van der Waals surface area contributed by atoms with Gasteiger partial charge in [0.15, 0.2) is 5.69 Å². The van der Waals surface area contributed by atoms with Gasteiger partial charge in [0.05, 0.1) is 0 Å². The maximum Gasteiger partial charge on any atom is 0.354 e. The van der Waals surface area contributed by atoms with Crippen LogP contribution in [0.5, 0.6) is 0 Å². The molecule has 0 fully saturated rings. The average Bonchev–Trinajstić information content (AvgIpc) is 2.93. The van der Waals surface area contributed by atoms with Gasteiger partial charge in [-0.3, -0.25) is 0 Å². The minimum atomic E-state index is -1.03. The highest BCUT2D eigenvalue weighted by atomic mass is 16.4. The number of nitrogens with zero attached hydrogens (tertiary/aromatic N) is 2. The number of aryl methyl sites for hydroxylation is 1. The van der Waals surface area contributed by atoms with Crippen LogP contribution in [0.15, 0.2) is 41.2 Å². The lowest BCUT2D eigenvalue weighted by atomic mass is 10.2. The number of carboxylic acids is 1. The second-order valence-corrected chi connectivity index (χ2v) is 4.05. The van der Waals surface area contributed by atoms with E-state index in [1.54, 1.807) is 4.40 Å². The molecule has 3 aromatic heterocycles. The molecule has 5 heteroatoms. The summed E-state index contributed by atoms with van der Waals surface area (Å²) >= 11 is 0. The van der Waals surface area contributed by atoms with Crippen LogP contribution in [-0.4, -0.2) is 20.5 Å². The molecule has 0 unspecified atom stereocenters. The fraction of sp³-hybridized carbons (Fsp3) is 0.0769. The van der Waals surface area contributed by atoms with Gasteiger partial charge in [0.1, 0.15) is 17.8 Å². The molecular weight excluding hydrogens is 232 g/mol. The highest BCUT2D eigenvalue weighted by Gasteiger charge is 2.09. The summed E-state index contributed by atoms with van der Waals surface area (Å²) in [5.74, 6) is 0.562. The Bertz CT molecular complexity index is 740. The Labute approximate surface area is 102 Å². The lowest BCUT2D eigenvalue weighted by Gasteiger charge is -1.95. The van der Waals surface area contributed by atoms with Crippen LogP contribution in [0.2, 0.25) is 0 Å². The van der Waals surface area contributed by atoms with Crippen molar-refractivity contribution in [1.29, 1.82) is 0 Å². The number of furan rings is 1. The van der Waals surface area contributed by atoms with Crippen LogP contribution < -0.4 is 0 Å². The Kier molecular flexibility index (Phi) is 2.19. The molecular formula is C13H10N2O3. The first-order chi connectivity index (χ1) is 8.63. The molecule has 0 aliphatic rings. The van der Waals surface area contributed by atoms with E-state index in [9.17, 15) is 4.79 Å². The first kappa shape index (κ1) is 10.6. The van der Waals surface area contributed by atoms with E-state index in [2.05, 4.69) is 4.98 Å². The smallest absolute Gasteiger partial charge is 0.354 e. The number of carbonyl (C=O) groups is 1. The maximum atomic E-state index is 10.8. The summed E-state index contributed by atoms with van der Waals surface area (Å²) < 4.78 is 7.29. The largest absolute Gasteiger partial charge is 0.477 e. The van der Waals surface area contributed by atoms with Crippen molar-refractivity contribution in [3.05, 3.63) is 48.2 Å². The lowest BCUT2D eigenvalue weighted by molar-refractivity contribution is 0.0690. The van der Waals surface area contributed by atoms with Gasteiger partial charge in [0, 0.05) is 17.3 Å². The second-order valence-electron chi connectivity index (χ2n) is 4.05. The van der Waals surface area contributed by atoms with Gasteiger partial charge in [-0.05, 0) is 31.2 Å². The van der Waals surface area contributed by atoms with E-state index >= 15 is 0 Å². The predicted octanol–water partition coefficient (Wildman–Crippen LogP) is 2.60.